The van der Waals surface area contributed by atoms with E-state index in [0.717, 1.165) is 16.7 Å². The first kappa shape index (κ1) is 20.9. The molecule has 5 heteroatoms. The van der Waals surface area contributed by atoms with Crippen LogP contribution >= 0.6 is 0 Å². The van der Waals surface area contributed by atoms with Gasteiger partial charge in [0.1, 0.15) is 6.61 Å². The van der Waals surface area contributed by atoms with E-state index in [0.29, 0.717) is 6.42 Å². The molecule has 0 heterocycles. The SMILES string of the molecule is CCc1ccc(OCC(F)C(F)c2ccc(-c3ccc(C)cc3)cc2)c(F)c1F. The summed E-state index contributed by atoms with van der Waals surface area (Å²) in [6.45, 7) is 2.96. The maximum Gasteiger partial charge on any atom is 0.200 e. The van der Waals surface area contributed by atoms with E-state index in [1.54, 1.807) is 19.1 Å². The van der Waals surface area contributed by atoms with E-state index in [-0.39, 0.29) is 11.1 Å². The summed E-state index contributed by atoms with van der Waals surface area (Å²) in [6.07, 6.45) is -3.64. The summed E-state index contributed by atoms with van der Waals surface area (Å²) in [4.78, 5) is 0. The highest BCUT2D eigenvalue weighted by Gasteiger charge is 2.24. The van der Waals surface area contributed by atoms with Crippen LogP contribution in [0.5, 0.6) is 5.75 Å². The minimum Gasteiger partial charge on any atom is -0.487 e. The molecule has 3 aromatic carbocycles. The molecule has 0 aliphatic carbocycles. The average molecular weight is 402 g/mol. The first-order valence-corrected chi connectivity index (χ1v) is 9.45. The lowest BCUT2D eigenvalue weighted by Crippen LogP contribution is -2.19. The zero-order chi connectivity index (χ0) is 21.0. The van der Waals surface area contributed by atoms with Crippen LogP contribution < -0.4 is 4.74 Å². The summed E-state index contributed by atoms with van der Waals surface area (Å²) in [5.74, 6) is -2.64. The molecule has 0 bridgehead atoms. The Morgan fingerprint density at radius 3 is 1.97 bits per heavy atom. The van der Waals surface area contributed by atoms with Gasteiger partial charge in [0.15, 0.2) is 23.9 Å². The second-order valence-electron chi connectivity index (χ2n) is 6.92. The standard InChI is InChI=1S/C24H22F4O/c1-3-16-12-13-21(24(28)23(16)27)29-14-20(25)22(26)19-10-8-18(9-11-19)17-6-4-15(2)5-7-17/h4-13,20,22H,3,14H2,1-2H3. The number of rotatable bonds is 7. The lowest BCUT2D eigenvalue weighted by Gasteiger charge is -2.16. The van der Waals surface area contributed by atoms with Crippen molar-refractivity contribution >= 4 is 0 Å². The maximum atomic E-state index is 14.5. The molecule has 0 fully saturated rings. The van der Waals surface area contributed by atoms with Gasteiger partial charge in [-0.05, 0) is 41.7 Å². The van der Waals surface area contributed by atoms with Gasteiger partial charge >= 0.3 is 0 Å². The van der Waals surface area contributed by atoms with Gasteiger partial charge < -0.3 is 4.74 Å². The number of ether oxygens (including phenoxy) is 1. The third-order valence-corrected chi connectivity index (χ3v) is 4.84. The Morgan fingerprint density at radius 2 is 1.38 bits per heavy atom. The molecule has 0 saturated heterocycles. The van der Waals surface area contributed by atoms with E-state index in [1.165, 1.54) is 24.3 Å². The van der Waals surface area contributed by atoms with E-state index in [9.17, 15) is 17.6 Å². The predicted octanol–water partition coefficient (Wildman–Crippen LogP) is 6.93. The molecule has 29 heavy (non-hydrogen) atoms. The molecule has 3 aromatic rings. The zero-order valence-corrected chi connectivity index (χ0v) is 16.3. The van der Waals surface area contributed by atoms with E-state index in [1.807, 2.05) is 31.2 Å². The van der Waals surface area contributed by atoms with Crippen molar-refractivity contribution in [2.45, 2.75) is 32.6 Å². The van der Waals surface area contributed by atoms with Crippen LogP contribution in [0.15, 0.2) is 60.7 Å². The molecule has 1 nitrogen and oxygen atoms in total. The molecule has 0 saturated carbocycles. The van der Waals surface area contributed by atoms with Crippen LogP contribution in [0.2, 0.25) is 0 Å². The van der Waals surface area contributed by atoms with Crippen molar-refractivity contribution in [3.63, 3.8) is 0 Å². The van der Waals surface area contributed by atoms with Crippen LogP contribution in [0.1, 0.15) is 29.8 Å². The summed E-state index contributed by atoms with van der Waals surface area (Å²) < 4.78 is 61.5. The van der Waals surface area contributed by atoms with Gasteiger partial charge in [0.2, 0.25) is 5.82 Å². The molecular weight excluding hydrogens is 380 g/mol. The first-order chi connectivity index (χ1) is 13.9. The van der Waals surface area contributed by atoms with Crippen LogP contribution in [0, 0.1) is 18.6 Å². The topological polar surface area (TPSA) is 9.23 Å². The van der Waals surface area contributed by atoms with Gasteiger partial charge in [0.05, 0.1) is 0 Å². The number of hydrogen-bond donors (Lipinski definition) is 0. The van der Waals surface area contributed by atoms with Crippen LogP contribution in [0.3, 0.4) is 0 Å². The van der Waals surface area contributed by atoms with E-state index in [4.69, 9.17) is 4.74 Å². The molecule has 0 amide bonds. The number of halogens is 4. The van der Waals surface area contributed by atoms with Crippen molar-refractivity contribution in [3.05, 3.63) is 89.0 Å². The van der Waals surface area contributed by atoms with Gasteiger partial charge in [-0.1, -0.05) is 67.1 Å². The fourth-order valence-electron chi connectivity index (χ4n) is 3.02. The molecule has 0 aliphatic heterocycles. The first-order valence-electron chi connectivity index (χ1n) is 9.45. The summed E-state index contributed by atoms with van der Waals surface area (Å²) in [6, 6.07) is 16.9. The smallest absolute Gasteiger partial charge is 0.200 e. The van der Waals surface area contributed by atoms with Crippen molar-refractivity contribution < 1.29 is 22.3 Å². The van der Waals surface area contributed by atoms with Crippen molar-refractivity contribution in [1.82, 2.24) is 0 Å². The fourth-order valence-corrected chi connectivity index (χ4v) is 3.02. The van der Waals surface area contributed by atoms with E-state index in [2.05, 4.69) is 0 Å². The molecule has 0 aromatic heterocycles. The van der Waals surface area contributed by atoms with Gasteiger partial charge in [-0.2, -0.15) is 4.39 Å². The third kappa shape index (κ3) is 4.78. The molecule has 0 N–H and O–H groups in total. The Hall–Kier alpha value is -2.82. The summed E-state index contributed by atoms with van der Waals surface area (Å²) in [7, 11) is 0. The maximum absolute atomic E-state index is 14.5. The summed E-state index contributed by atoms with van der Waals surface area (Å²) >= 11 is 0. The van der Waals surface area contributed by atoms with Gasteiger partial charge in [-0.15, -0.1) is 0 Å². The van der Waals surface area contributed by atoms with Gasteiger partial charge in [-0.3, -0.25) is 0 Å². The minimum atomic E-state index is -2.02. The molecule has 0 aliphatic rings. The number of alkyl halides is 2. The van der Waals surface area contributed by atoms with Crippen molar-refractivity contribution in [3.8, 4) is 16.9 Å². The monoisotopic (exact) mass is 402 g/mol. The normalized spacial score (nSPS) is 13.2. The van der Waals surface area contributed by atoms with Crippen molar-refractivity contribution in [2.75, 3.05) is 6.61 Å². The minimum absolute atomic E-state index is 0.157. The molecule has 0 spiro atoms. The second kappa shape index (κ2) is 9.12. The number of hydrogen-bond acceptors (Lipinski definition) is 1. The molecule has 0 radical (unpaired) electrons. The third-order valence-electron chi connectivity index (χ3n) is 4.84. The Labute approximate surface area is 168 Å². The Balaban J connectivity index is 1.65. The lowest BCUT2D eigenvalue weighted by molar-refractivity contribution is 0.106. The quantitative estimate of drug-likeness (QED) is 0.389. The molecule has 2 atom stereocenters. The highest BCUT2D eigenvalue weighted by molar-refractivity contribution is 5.64. The second-order valence-corrected chi connectivity index (χ2v) is 6.92. The fraction of sp³-hybridized carbons (Fsp3) is 0.250. The Kier molecular flexibility index (Phi) is 6.57. The van der Waals surface area contributed by atoms with Gasteiger partial charge in [0.25, 0.3) is 0 Å². The average Bonchev–Trinajstić information content (AvgIpc) is 2.75. The molecule has 3 rings (SSSR count). The number of aryl methyl sites for hydroxylation is 2. The lowest BCUT2D eigenvalue weighted by atomic mass is 10.00. The summed E-state index contributed by atoms with van der Waals surface area (Å²) in [5, 5.41) is 0. The van der Waals surface area contributed by atoms with Gasteiger partial charge in [-0.25, -0.2) is 13.2 Å². The predicted molar refractivity (Wildman–Crippen MR) is 107 cm³/mol. The zero-order valence-electron chi connectivity index (χ0n) is 16.3. The van der Waals surface area contributed by atoms with Crippen molar-refractivity contribution in [2.24, 2.45) is 0 Å². The molecule has 152 valence electrons. The largest absolute Gasteiger partial charge is 0.487 e. The van der Waals surface area contributed by atoms with Crippen LogP contribution in [0.25, 0.3) is 11.1 Å². The molecular formula is C24H22F4O. The number of benzene rings is 3. The van der Waals surface area contributed by atoms with Crippen LogP contribution in [-0.4, -0.2) is 12.8 Å². The van der Waals surface area contributed by atoms with E-state index < -0.39 is 36.3 Å². The van der Waals surface area contributed by atoms with Crippen LogP contribution in [0.4, 0.5) is 17.6 Å². The highest BCUT2D eigenvalue weighted by Crippen LogP contribution is 2.29. The van der Waals surface area contributed by atoms with E-state index >= 15 is 0 Å². The van der Waals surface area contributed by atoms with Gasteiger partial charge in [0, 0.05) is 0 Å². The Bertz CT molecular complexity index is 952. The highest BCUT2D eigenvalue weighted by atomic mass is 19.2. The summed E-state index contributed by atoms with van der Waals surface area (Å²) in [5.41, 5.74) is 3.36. The molecule has 2 unspecified atom stereocenters. The Morgan fingerprint density at radius 1 is 0.793 bits per heavy atom. The van der Waals surface area contributed by atoms with Crippen molar-refractivity contribution in [1.29, 1.82) is 0 Å². The van der Waals surface area contributed by atoms with Crippen LogP contribution in [-0.2, 0) is 6.42 Å².